The first-order valence-corrected chi connectivity index (χ1v) is 7.02. The molecule has 4 nitrogen and oxygen atoms in total. The summed E-state index contributed by atoms with van der Waals surface area (Å²) < 4.78 is 5.59. The van der Waals surface area contributed by atoms with Gasteiger partial charge in [0.2, 0.25) is 0 Å². The lowest BCUT2D eigenvalue weighted by Crippen LogP contribution is -2.14. The van der Waals surface area contributed by atoms with Crippen molar-refractivity contribution in [1.82, 2.24) is 0 Å². The Morgan fingerprint density at radius 1 is 1.61 bits per heavy atom. The van der Waals surface area contributed by atoms with Crippen molar-refractivity contribution < 1.29 is 9.94 Å². The molecule has 98 valence electrons. The van der Waals surface area contributed by atoms with Crippen LogP contribution in [0, 0.1) is 6.92 Å². The molecule has 0 aliphatic carbocycles. The number of aryl methyl sites for hydroxylation is 1. The third kappa shape index (κ3) is 3.17. The average Bonchev–Trinajstić information content (AvgIpc) is 2.88. The van der Waals surface area contributed by atoms with Gasteiger partial charge in [-0.2, -0.15) is 0 Å². The van der Waals surface area contributed by atoms with E-state index in [1.54, 1.807) is 11.8 Å². The SMILES string of the molecule is Cc1cc(SCC2CCCO2)ccc1/C(N)=N/O. The molecule has 1 heterocycles. The second-order valence-electron chi connectivity index (χ2n) is 4.41. The molecule has 5 heteroatoms. The van der Waals surface area contributed by atoms with E-state index in [0.29, 0.717) is 6.10 Å². The topological polar surface area (TPSA) is 67.8 Å². The third-order valence-corrected chi connectivity index (χ3v) is 4.17. The van der Waals surface area contributed by atoms with Gasteiger partial charge in [0.1, 0.15) is 0 Å². The number of nitrogens with two attached hydrogens (primary N) is 1. The van der Waals surface area contributed by atoms with Crippen molar-refractivity contribution in [1.29, 1.82) is 0 Å². The molecule has 1 aromatic rings. The maximum Gasteiger partial charge on any atom is 0.170 e. The van der Waals surface area contributed by atoms with E-state index in [4.69, 9.17) is 15.7 Å². The summed E-state index contributed by atoms with van der Waals surface area (Å²) in [7, 11) is 0. The van der Waals surface area contributed by atoms with Gasteiger partial charge in [0.25, 0.3) is 0 Å². The second kappa shape index (κ2) is 6.11. The first-order chi connectivity index (χ1) is 8.70. The number of hydrogen-bond donors (Lipinski definition) is 2. The van der Waals surface area contributed by atoms with Gasteiger partial charge >= 0.3 is 0 Å². The van der Waals surface area contributed by atoms with Crippen molar-refractivity contribution in [3.8, 4) is 0 Å². The number of benzene rings is 1. The van der Waals surface area contributed by atoms with Gasteiger partial charge in [0, 0.05) is 22.8 Å². The highest BCUT2D eigenvalue weighted by molar-refractivity contribution is 7.99. The van der Waals surface area contributed by atoms with Crippen LogP contribution in [0.25, 0.3) is 0 Å². The summed E-state index contributed by atoms with van der Waals surface area (Å²) in [6, 6.07) is 5.95. The van der Waals surface area contributed by atoms with E-state index in [9.17, 15) is 0 Å². The van der Waals surface area contributed by atoms with Crippen LogP contribution in [0.5, 0.6) is 0 Å². The van der Waals surface area contributed by atoms with Crippen molar-refractivity contribution in [2.24, 2.45) is 10.9 Å². The predicted octanol–water partition coefficient (Wildman–Crippen LogP) is 2.36. The summed E-state index contributed by atoms with van der Waals surface area (Å²) in [4.78, 5) is 1.19. The smallest absolute Gasteiger partial charge is 0.170 e. The zero-order valence-corrected chi connectivity index (χ0v) is 11.2. The number of ether oxygens (including phenoxy) is 1. The van der Waals surface area contributed by atoms with Crippen LogP contribution in [-0.4, -0.2) is 29.5 Å². The monoisotopic (exact) mass is 266 g/mol. The molecule has 1 unspecified atom stereocenters. The van der Waals surface area contributed by atoms with Gasteiger partial charge in [0.15, 0.2) is 5.84 Å². The fourth-order valence-electron chi connectivity index (χ4n) is 2.03. The molecule has 0 radical (unpaired) electrons. The van der Waals surface area contributed by atoms with Gasteiger partial charge in [-0.3, -0.25) is 0 Å². The Morgan fingerprint density at radius 3 is 3.06 bits per heavy atom. The van der Waals surface area contributed by atoms with E-state index in [-0.39, 0.29) is 5.84 Å². The molecule has 1 fully saturated rings. The van der Waals surface area contributed by atoms with Crippen molar-refractivity contribution in [3.05, 3.63) is 29.3 Å². The van der Waals surface area contributed by atoms with Crippen LogP contribution in [0.3, 0.4) is 0 Å². The van der Waals surface area contributed by atoms with E-state index < -0.39 is 0 Å². The summed E-state index contributed by atoms with van der Waals surface area (Å²) >= 11 is 1.79. The fraction of sp³-hybridized carbons (Fsp3) is 0.462. The summed E-state index contributed by atoms with van der Waals surface area (Å²) in [5.74, 6) is 1.14. The molecular formula is C13H18N2O2S. The number of thioether (sulfide) groups is 1. The third-order valence-electron chi connectivity index (χ3n) is 3.04. The van der Waals surface area contributed by atoms with Crippen LogP contribution in [0.2, 0.25) is 0 Å². The second-order valence-corrected chi connectivity index (χ2v) is 5.50. The first kappa shape index (κ1) is 13.2. The summed E-state index contributed by atoms with van der Waals surface area (Å²) in [6.07, 6.45) is 2.72. The maximum atomic E-state index is 8.67. The Balaban J connectivity index is 1.99. The Labute approximate surface area is 111 Å². The molecular weight excluding hydrogens is 248 g/mol. The quantitative estimate of drug-likeness (QED) is 0.289. The molecule has 3 N–H and O–H groups in total. The molecule has 0 saturated carbocycles. The van der Waals surface area contributed by atoms with Crippen molar-refractivity contribution in [3.63, 3.8) is 0 Å². The molecule has 1 aliphatic rings. The van der Waals surface area contributed by atoms with Crippen molar-refractivity contribution >= 4 is 17.6 Å². The van der Waals surface area contributed by atoms with Crippen LogP contribution >= 0.6 is 11.8 Å². The number of nitrogens with zero attached hydrogens (tertiary/aromatic N) is 1. The standard InChI is InChI=1S/C13H18N2O2S/c1-9-7-11(4-5-12(9)13(14)15-16)18-8-10-3-2-6-17-10/h4-5,7,10,16H,2-3,6,8H2,1H3,(H2,14,15). The molecule has 0 amide bonds. The molecule has 1 saturated heterocycles. The number of amidine groups is 1. The predicted molar refractivity (Wildman–Crippen MR) is 73.4 cm³/mol. The molecule has 0 aromatic heterocycles. The summed E-state index contributed by atoms with van der Waals surface area (Å²) in [5.41, 5.74) is 7.39. The molecule has 2 rings (SSSR count). The minimum Gasteiger partial charge on any atom is -0.409 e. The Hall–Kier alpha value is -1.20. The van der Waals surface area contributed by atoms with Gasteiger partial charge in [-0.05, 0) is 43.5 Å². The van der Waals surface area contributed by atoms with Crippen LogP contribution in [0.1, 0.15) is 24.0 Å². The minimum absolute atomic E-state index is 0.156. The molecule has 1 atom stereocenters. The van der Waals surface area contributed by atoms with Gasteiger partial charge in [-0.1, -0.05) is 5.16 Å². The van der Waals surface area contributed by atoms with E-state index >= 15 is 0 Å². The van der Waals surface area contributed by atoms with Gasteiger partial charge in [-0.25, -0.2) is 0 Å². The Morgan fingerprint density at radius 2 is 2.44 bits per heavy atom. The zero-order valence-electron chi connectivity index (χ0n) is 10.4. The van der Waals surface area contributed by atoms with Crippen molar-refractivity contribution in [2.75, 3.05) is 12.4 Å². The van der Waals surface area contributed by atoms with E-state index in [2.05, 4.69) is 11.2 Å². The highest BCUT2D eigenvalue weighted by Crippen LogP contribution is 2.25. The molecule has 0 spiro atoms. The van der Waals surface area contributed by atoms with Gasteiger partial charge in [-0.15, -0.1) is 11.8 Å². The summed E-state index contributed by atoms with van der Waals surface area (Å²) in [6.45, 7) is 2.86. The minimum atomic E-state index is 0.156. The molecule has 1 aromatic carbocycles. The number of hydrogen-bond acceptors (Lipinski definition) is 4. The van der Waals surface area contributed by atoms with E-state index in [1.165, 1.54) is 11.3 Å². The number of rotatable bonds is 4. The summed E-state index contributed by atoms with van der Waals surface area (Å²) in [5, 5.41) is 11.7. The molecule has 1 aliphatic heterocycles. The Kier molecular flexibility index (Phi) is 4.49. The number of oxime groups is 1. The van der Waals surface area contributed by atoms with Crippen LogP contribution in [0.15, 0.2) is 28.3 Å². The fourth-order valence-corrected chi connectivity index (χ4v) is 3.10. The van der Waals surface area contributed by atoms with Crippen LogP contribution in [-0.2, 0) is 4.74 Å². The van der Waals surface area contributed by atoms with Gasteiger partial charge in [0.05, 0.1) is 6.10 Å². The van der Waals surface area contributed by atoms with Crippen molar-refractivity contribution in [2.45, 2.75) is 30.8 Å². The molecule has 0 bridgehead atoms. The highest BCUT2D eigenvalue weighted by Gasteiger charge is 2.15. The first-order valence-electron chi connectivity index (χ1n) is 6.03. The maximum absolute atomic E-state index is 8.67. The van der Waals surface area contributed by atoms with Gasteiger partial charge < -0.3 is 15.7 Å². The zero-order chi connectivity index (χ0) is 13.0. The largest absolute Gasteiger partial charge is 0.409 e. The van der Waals surface area contributed by atoms with Crippen LogP contribution < -0.4 is 5.73 Å². The Bertz CT molecular complexity index is 443. The lowest BCUT2D eigenvalue weighted by atomic mass is 10.1. The lowest BCUT2D eigenvalue weighted by molar-refractivity contribution is 0.129. The molecule has 18 heavy (non-hydrogen) atoms. The highest BCUT2D eigenvalue weighted by atomic mass is 32.2. The van der Waals surface area contributed by atoms with Crippen LogP contribution in [0.4, 0.5) is 0 Å². The lowest BCUT2D eigenvalue weighted by Gasteiger charge is -2.10. The van der Waals surface area contributed by atoms with E-state index in [1.807, 2.05) is 19.1 Å². The normalized spacial score (nSPS) is 20.3. The average molecular weight is 266 g/mol. The van der Waals surface area contributed by atoms with E-state index in [0.717, 1.165) is 29.9 Å².